The van der Waals surface area contributed by atoms with Gasteiger partial charge in [-0.2, -0.15) is 5.10 Å². The van der Waals surface area contributed by atoms with Gasteiger partial charge in [-0.15, -0.1) is 0 Å². The fourth-order valence-electron chi connectivity index (χ4n) is 3.97. The maximum absolute atomic E-state index is 14.8. The van der Waals surface area contributed by atoms with Crippen LogP contribution in [-0.4, -0.2) is 15.7 Å². The molecule has 35 heavy (non-hydrogen) atoms. The van der Waals surface area contributed by atoms with Crippen molar-refractivity contribution >= 4 is 29.2 Å². The van der Waals surface area contributed by atoms with Crippen LogP contribution in [0.25, 0.3) is 17.3 Å². The molecule has 1 N–H and O–H groups in total. The van der Waals surface area contributed by atoms with Gasteiger partial charge >= 0.3 is 0 Å². The van der Waals surface area contributed by atoms with Crippen molar-refractivity contribution in [1.82, 2.24) is 15.1 Å². The van der Waals surface area contributed by atoms with Crippen LogP contribution in [0, 0.1) is 18.6 Å². The fourth-order valence-corrected chi connectivity index (χ4v) is 4.10. The Morgan fingerprint density at radius 1 is 1.06 bits per heavy atom. The smallest absolute Gasteiger partial charge is 0.272 e. The number of nitrogens with zero attached hydrogens (tertiary/aromatic N) is 2. The van der Waals surface area contributed by atoms with Crippen molar-refractivity contribution in [3.63, 3.8) is 0 Å². The van der Waals surface area contributed by atoms with Gasteiger partial charge in [-0.3, -0.25) is 4.79 Å². The van der Waals surface area contributed by atoms with Gasteiger partial charge in [0, 0.05) is 16.7 Å². The lowest BCUT2D eigenvalue weighted by Crippen LogP contribution is -2.27. The first kappa shape index (κ1) is 24.4. The van der Waals surface area contributed by atoms with E-state index in [1.165, 1.54) is 10.7 Å². The Balaban J connectivity index is 1.79. The molecule has 0 aliphatic carbocycles. The van der Waals surface area contributed by atoms with E-state index in [2.05, 4.69) is 10.4 Å². The molecule has 4 aromatic rings. The molecule has 1 amide bonds. The van der Waals surface area contributed by atoms with Crippen molar-refractivity contribution in [2.24, 2.45) is 0 Å². The number of allylic oxidation sites excluding steroid dienone is 1. The summed E-state index contributed by atoms with van der Waals surface area (Å²) in [6, 6.07) is 19.8. The number of rotatable bonds is 6. The number of amides is 1. The van der Waals surface area contributed by atoms with Gasteiger partial charge in [0.1, 0.15) is 11.5 Å². The van der Waals surface area contributed by atoms with Crippen LogP contribution in [0.1, 0.15) is 52.8 Å². The van der Waals surface area contributed by atoms with Gasteiger partial charge in [0.15, 0.2) is 11.5 Å². The molecule has 0 radical (unpaired) electrons. The summed E-state index contributed by atoms with van der Waals surface area (Å²) in [7, 11) is 0. The molecule has 0 fully saturated rings. The zero-order chi connectivity index (χ0) is 25.1. The molecule has 4 nitrogen and oxygen atoms in total. The maximum Gasteiger partial charge on any atom is 0.272 e. The van der Waals surface area contributed by atoms with Crippen molar-refractivity contribution in [2.75, 3.05) is 0 Å². The predicted octanol–water partition coefficient (Wildman–Crippen LogP) is 7.16. The highest BCUT2D eigenvalue weighted by Gasteiger charge is 2.24. The minimum absolute atomic E-state index is 0.0449. The number of hydrogen-bond acceptors (Lipinski definition) is 2. The summed E-state index contributed by atoms with van der Waals surface area (Å²) in [5.74, 6) is -1.86. The Morgan fingerprint density at radius 3 is 2.40 bits per heavy atom. The van der Waals surface area contributed by atoms with Gasteiger partial charge in [-0.1, -0.05) is 54.1 Å². The molecule has 4 rings (SSSR count). The second-order valence-corrected chi connectivity index (χ2v) is 8.75. The summed E-state index contributed by atoms with van der Waals surface area (Å²) in [4.78, 5) is 13.2. The third kappa shape index (κ3) is 5.33. The highest BCUT2D eigenvalue weighted by molar-refractivity contribution is 6.30. The number of carbonyl (C=O) groups is 1. The Hall–Kier alpha value is -3.77. The Bertz CT molecular complexity index is 1400. The van der Waals surface area contributed by atoms with Gasteiger partial charge < -0.3 is 5.32 Å². The zero-order valence-electron chi connectivity index (χ0n) is 19.5. The van der Waals surface area contributed by atoms with E-state index < -0.39 is 11.6 Å². The van der Waals surface area contributed by atoms with E-state index in [0.29, 0.717) is 16.3 Å². The van der Waals surface area contributed by atoms with E-state index in [9.17, 15) is 13.6 Å². The van der Waals surface area contributed by atoms with E-state index in [-0.39, 0.29) is 23.3 Å². The molecular formula is C28H24ClF2N3O. The number of halogens is 3. The lowest BCUT2D eigenvalue weighted by atomic mass is 10.0. The molecule has 3 aromatic carbocycles. The summed E-state index contributed by atoms with van der Waals surface area (Å²) in [5, 5.41) is 8.05. The first-order valence-corrected chi connectivity index (χ1v) is 11.5. The minimum atomic E-state index is -0.780. The summed E-state index contributed by atoms with van der Waals surface area (Å²) in [6.45, 7) is 5.50. The van der Waals surface area contributed by atoms with Crippen LogP contribution in [0.5, 0.6) is 0 Å². The monoisotopic (exact) mass is 491 g/mol. The van der Waals surface area contributed by atoms with Gasteiger partial charge in [-0.25, -0.2) is 13.5 Å². The van der Waals surface area contributed by atoms with Crippen LogP contribution in [0.3, 0.4) is 0 Å². The van der Waals surface area contributed by atoms with E-state index in [0.717, 1.165) is 28.8 Å². The van der Waals surface area contributed by atoms with Gasteiger partial charge in [0.05, 0.1) is 11.7 Å². The van der Waals surface area contributed by atoms with E-state index >= 15 is 0 Å². The van der Waals surface area contributed by atoms with Crippen LogP contribution in [-0.2, 0) is 0 Å². The largest absolute Gasteiger partial charge is 0.344 e. The molecule has 0 saturated heterocycles. The fraction of sp³-hybridized carbons (Fsp3) is 0.143. The third-order valence-electron chi connectivity index (χ3n) is 5.75. The second kappa shape index (κ2) is 10.2. The molecule has 7 heteroatoms. The molecule has 0 aliphatic heterocycles. The summed E-state index contributed by atoms with van der Waals surface area (Å²) < 4.78 is 29.7. The molecule has 0 spiro atoms. The van der Waals surface area contributed by atoms with E-state index in [1.807, 2.05) is 62.4 Å². The second-order valence-electron chi connectivity index (χ2n) is 8.31. The van der Waals surface area contributed by atoms with Crippen molar-refractivity contribution < 1.29 is 13.6 Å². The summed E-state index contributed by atoms with van der Waals surface area (Å²) in [5.41, 5.74) is 3.90. The lowest BCUT2D eigenvalue weighted by Gasteiger charge is -2.13. The summed E-state index contributed by atoms with van der Waals surface area (Å²) >= 11 is 6.00. The van der Waals surface area contributed by atoms with Crippen LogP contribution in [0.2, 0.25) is 5.02 Å². The average molecular weight is 492 g/mol. The molecule has 1 aromatic heterocycles. The molecule has 1 atom stereocenters. The molecule has 0 unspecified atom stereocenters. The number of aromatic nitrogens is 2. The van der Waals surface area contributed by atoms with Crippen LogP contribution >= 0.6 is 11.6 Å². The standard InChI is InChI=1S/C28H24ClF2N3O/c1-17(15-20-9-11-22(29)12-10-20)27-18(2)26(28(35)32-19(3)21-7-5-4-6-8-21)33-34(27)25-14-13-23(30)16-24(25)31/h4-16,19H,1-3H3,(H,32,35)/b17-15+/t19-/m1/s1. The summed E-state index contributed by atoms with van der Waals surface area (Å²) in [6.07, 6.45) is 1.90. The Labute approximate surface area is 207 Å². The van der Waals surface area contributed by atoms with Crippen molar-refractivity contribution in [3.8, 4) is 5.69 Å². The minimum Gasteiger partial charge on any atom is -0.344 e. The highest BCUT2D eigenvalue weighted by atomic mass is 35.5. The maximum atomic E-state index is 14.8. The number of carbonyl (C=O) groups excluding carboxylic acids is 1. The number of nitrogens with one attached hydrogen (secondary N) is 1. The molecule has 178 valence electrons. The number of hydrogen-bond donors (Lipinski definition) is 1. The van der Waals surface area contributed by atoms with E-state index in [1.54, 1.807) is 19.1 Å². The van der Waals surface area contributed by atoms with Crippen LogP contribution in [0.4, 0.5) is 8.78 Å². The van der Waals surface area contributed by atoms with Crippen LogP contribution in [0.15, 0.2) is 72.8 Å². The highest BCUT2D eigenvalue weighted by Crippen LogP contribution is 2.29. The number of benzene rings is 3. The first-order valence-electron chi connectivity index (χ1n) is 11.1. The average Bonchev–Trinajstić information content (AvgIpc) is 3.18. The molecule has 0 saturated carbocycles. The Morgan fingerprint density at radius 2 is 1.74 bits per heavy atom. The quantitative estimate of drug-likeness (QED) is 0.311. The third-order valence-corrected chi connectivity index (χ3v) is 6.00. The lowest BCUT2D eigenvalue weighted by molar-refractivity contribution is 0.0933. The normalized spacial score (nSPS) is 12.5. The van der Waals surface area contributed by atoms with Crippen molar-refractivity contribution in [3.05, 3.63) is 118 Å². The first-order chi connectivity index (χ1) is 16.7. The Kier molecular flexibility index (Phi) is 7.12. The van der Waals surface area contributed by atoms with Gasteiger partial charge in [-0.05, 0) is 67.8 Å². The van der Waals surface area contributed by atoms with Crippen molar-refractivity contribution in [1.29, 1.82) is 0 Å². The SMILES string of the molecule is C/C(=C\c1ccc(Cl)cc1)c1c(C)c(C(=O)N[C@H](C)c2ccccc2)nn1-c1ccc(F)cc1F. The zero-order valence-corrected chi connectivity index (χ0v) is 20.3. The van der Waals surface area contributed by atoms with Crippen LogP contribution < -0.4 is 5.32 Å². The van der Waals surface area contributed by atoms with Crippen molar-refractivity contribution in [2.45, 2.75) is 26.8 Å². The molecule has 0 bridgehead atoms. The molecule has 1 heterocycles. The van der Waals surface area contributed by atoms with E-state index in [4.69, 9.17) is 11.6 Å². The topological polar surface area (TPSA) is 46.9 Å². The van der Waals surface area contributed by atoms with Gasteiger partial charge in [0.25, 0.3) is 5.91 Å². The van der Waals surface area contributed by atoms with Gasteiger partial charge in [0.2, 0.25) is 0 Å². The molecule has 0 aliphatic rings. The predicted molar refractivity (Wildman–Crippen MR) is 136 cm³/mol. The molecular weight excluding hydrogens is 468 g/mol.